The molecule has 0 saturated heterocycles. The summed E-state index contributed by atoms with van der Waals surface area (Å²) in [6.07, 6.45) is 3.47. The van der Waals surface area contributed by atoms with Gasteiger partial charge in [-0.25, -0.2) is 0 Å². The summed E-state index contributed by atoms with van der Waals surface area (Å²) in [6, 6.07) is 6.04. The molecule has 1 atom stereocenters. The molecule has 1 aromatic heterocycles. The highest BCUT2D eigenvalue weighted by molar-refractivity contribution is 7.10. The van der Waals surface area contributed by atoms with Crippen molar-refractivity contribution in [1.82, 2.24) is 4.90 Å². The Morgan fingerprint density at radius 1 is 1.11 bits per heavy atom. The van der Waals surface area contributed by atoms with Gasteiger partial charge in [0.15, 0.2) is 11.5 Å². The third kappa shape index (κ3) is 2.42. The van der Waals surface area contributed by atoms with Crippen molar-refractivity contribution in [1.29, 1.82) is 0 Å². The number of hydrogen-bond donors (Lipinski definition) is 0. The molecule has 0 radical (unpaired) electrons. The van der Waals surface area contributed by atoms with Crippen molar-refractivity contribution < 1.29 is 19.1 Å². The van der Waals surface area contributed by atoms with Crippen molar-refractivity contribution in [3.8, 4) is 11.5 Å². The SMILES string of the molecule is O=C1C(=O)N(CN2CCc3sccc3[C@@H]2C2CC2)c2cc3c(cc21)OCCO3. The molecule has 4 aliphatic rings. The minimum absolute atomic E-state index is 0.346. The standard InChI is InChI=1S/C21H20N2O4S/c24-20-14-9-16-17(27-7-6-26-16)10-15(14)23(21(20)25)11-22-5-3-18-13(4-8-28-18)19(22)12-1-2-12/h4,8-10,12,19H,1-3,5-7,11H2/t19-/m0/s1. The van der Waals surface area contributed by atoms with E-state index < -0.39 is 11.7 Å². The fraction of sp³-hybridized carbons (Fsp3) is 0.429. The highest BCUT2D eigenvalue weighted by atomic mass is 32.1. The molecule has 0 bridgehead atoms. The fourth-order valence-electron chi connectivity index (χ4n) is 4.67. The predicted octanol–water partition coefficient (Wildman–Crippen LogP) is 3.02. The fourth-order valence-corrected chi connectivity index (χ4v) is 5.59. The van der Waals surface area contributed by atoms with Crippen LogP contribution in [0.4, 0.5) is 5.69 Å². The van der Waals surface area contributed by atoms with E-state index in [1.807, 2.05) is 11.3 Å². The number of anilines is 1. The summed E-state index contributed by atoms with van der Waals surface area (Å²) in [5.74, 6) is 0.896. The number of nitrogens with zero attached hydrogens (tertiary/aromatic N) is 2. The van der Waals surface area contributed by atoms with Gasteiger partial charge in [0, 0.05) is 23.5 Å². The molecule has 144 valence electrons. The molecule has 3 aliphatic heterocycles. The lowest BCUT2D eigenvalue weighted by atomic mass is 9.96. The van der Waals surface area contributed by atoms with Crippen molar-refractivity contribution in [3.63, 3.8) is 0 Å². The number of carbonyl (C=O) groups is 2. The molecular formula is C21H20N2O4S. The Labute approximate surface area is 166 Å². The van der Waals surface area contributed by atoms with E-state index in [4.69, 9.17) is 9.47 Å². The Morgan fingerprint density at radius 3 is 2.68 bits per heavy atom. The highest BCUT2D eigenvalue weighted by Gasteiger charge is 2.44. The van der Waals surface area contributed by atoms with Gasteiger partial charge in [0.25, 0.3) is 5.78 Å². The number of amides is 1. The zero-order chi connectivity index (χ0) is 18.8. The molecule has 6 rings (SSSR count). The Bertz CT molecular complexity index is 996. The van der Waals surface area contributed by atoms with Gasteiger partial charge in [-0.05, 0) is 48.3 Å². The van der Waals surface area contributed by atoms with Crippen LogP contribution in [0.3, 0.4) is 0 Å². The molecular weight excluding hydrogens is 376 g/mol. The molecule has 1 aromatic carbocycles. The first kappa shape index (κ1) is 16.6. The maximum absolute atomic E-state index is 12.8. The summed E-state index contributed by atoms with van der Waals surface area (Å²) in [5.41, 5.74) is 2.48. The van der Waals surface area contributed by atoms with Crippen molar-refractivity contribution in [2.75, 3.05) is 31.3 Å². The Morgan fingerprint density at radius 2 is 1.89 bits per heavy atom. The smallest absolute Gasteiger partial charge is 0.300 e. The third-order valence-electron chi connectivity index (χ3n) is 6.14. The monoisotopic (exact) mass is 396 g/mol. The van der Waals surface area contributed by atoms with Gasteiger partial charge >= 0.3 is 5.91 Å². The molecule has 28 heavy (non-hydrogen) atoms. The molecule has 1 fully saturated rings. The lowest BCUT2D eigenvalue weighted by molar-refractivity contribution is -0.114. The second-order valence-corrected chi connectivity index (χ2v) is 8.86. The van der Waals surface area contributed by atoms with Gasteiger partial charge in [0.2, 0.25) is 0 Å². The van der Waals surface area contributed by atoms with E-state index in [-0.39, 0.29) is 0 Å². The van der Waals surface area contributed by atoms with Gasteiger partial charge in [-0.3, -0.25) is 19.4 Å². The van der Waals surface area contributed by atoms with Gasteiger partial charge in [-0.2, -0.15) is 0 Å². The maximum atomic E-state index is 12.8. The van der Waals surface area contributed by atoms with Crippen molar-refractivity contribution in [2.24, 2.45) is 5.92 Å². The van der Waals surface area contributed by atoms with E-state index in [1.54, 1.807) is 17.0 Å². The number of thiophene rings is 1. The van der Waals surface area contributed by atoms with E-state index in [0.717, 1.165) is 13.0 Å². The van der Waals surface area contributed by atoms with Crippen LogP contribution >= 0.6 is 11.3 Å². The quantitative estimate of drug-likeness (QED) is 0.747. The number of ketones is 1. The molecule has 6 nitrogen and oxygen atoms in total. The molecule has 1 amide bonds. The van der Waals surface area contributed by atoms with Gasteiger partial charge in [-0.1, -0.05) is 0 Å². The van der Waals surface area contributed by atoms with Crippen molar-refractivity contribution >= 4 is 28.7 Å². The topological polar surface area (TPSA) is 59.1 Å². The van der Waals surface area contributed by atoms with Crippen LogP contribution in [0, 0.1) is 5.92 Å². The minimum Gasteiger partial charge on any atom is -0.486 e. The second kappa shape index (κ2) is 6.06. The molecule has 7 heteroatoms. The molecule has 0 spiro atoms. The number of Topliss-reactive ketones (excluding diaryl/α,β-unsaturated/α-hetero) is 1. The Hall–Kier alpha value is -2.38. The summed E-state index contributed by atoms with van der Waals surface area (Å²) >= 11 is 1.83. The summed E-state index contributed by atoms with van der Waals surface area (Å²) < 4.78 is 11.3. The van der Waals surface area contributed by atoms with Crippen LogP contribution in [0.5, 0.6) is 11.5 Å². The van der Waals surface area contributed by atoms with E-state index in [2.05, 4.69) is 16.3 Å². The van der Waals surface area contributed by atoms with Crippen LogP contribution in [0.1, 0.15) is 39.7 Å². The highest BCUT2D eigenvalue weighted by Crippen LogP contribution is 2.49. The zero-order valence-corrected chi connectivity index (χ0v) is 16.2. The molecule has 4 heterocycles. The number of carbonyl (C=O) groups excluding carboxylic acids is 2. The van der Waals surface area contributed by atoms with Gasteiger partial charge < -0.3 is 9.47 Å². The Kier molecular flexibility index (Phi) is 3.58. The molecule has 1 aliphatic carbocycles. The number of hydrogen-bond acceptors (Lipinski definition) is 6. The zero-order valence-electron chi connectivity index (χ0n) is 15.3. The molecule has 0 N–H and O–H groups in total. The van der Waals surface area contributed by atoms with Gasteiger partial charge in [0.1, 0.15) is 13.2 Å². The summed E-state index contributed by atoms with van der Waals surface area (Å²) in [5, 5.41) is 2.17. The van der Waals surface area contributed by atoms with Crippen LogP contribution in [0.15, 0.2) is 23.6 Å². The normalized spacial score (nSPS) is 23.7. The lowest BCUT2D eigenvalue weighted by Crippen LogP contribution is -2.45. The van der Waals surface area contributed by atoms with Crippen LogP contribution in [-0.2, 0) is 11.2 Å². The van der Waals surface area contributed by atoms with Crippen LogP contribution in [-0.4, -0.2) is 43.0 Å². The summed E-state index contributed by atoms with van der Waals surface area (Å²) in [4.78, 5) is 30.9. The number of benzene rings is 1. The summed E-state index contributed by atoms with van der Waals surface area (Å²) in [7, 11) is 0. The minimum atomic E-state index is -0.456. The van der Waals surface area contributed by atoms with Crippen LogP contribution in [0.25, 0.3) is 0 Å². The second-order valence-electron chi connectivity index (χ2n) is 7.86. The summed E-state index contributed by atoms with van der Waals surface area (Å²) in [6.45, 7) is 2.28. The first-order chi connectivity index (χ1) is 13.7. The van der Waals surface area contributed by atoms with Crippen LogP contribution in [0.2, 0.25) is 0 Å². The molecule has 0 unspecified atom stereocenters. The lowest BCUT2D eigenvalue weighted by Gasteiger charge is -2.38. The molecule has 1 saturated carbocycles. The number of fused-ring (bicyclic) bond motifs is 3. The first-order valence-corrected chi connectivity index (χ1v) is 10.7. The van der Waals surface area contributed by atoms with Crippen LogP contribution < -0.4 is 14.4 Å². The largest absolute Gasteiger partial charge is 0.486 e. The molecule has 2 aromatic rings. The van der Waals surface area contributed by atoms with E-state index >= 15 is 0 Å². The van der Waals surface area contributed by atoms with Crippen molar-refractivity contribution in [2.45, 2.75) is 25.3 Å². The predicted molar refractivity (Wildman–Crippen MR) is 104 cm³/mol. The van der Waals surface area contributed by atoms with Gasteiger partial charge in [-0.15, -0.1) is 11.3 Å². The first-order valence-electron chi connectivity index (χ1n) is 9.81. The van der Waals surface area contributed by atoms with Gasteiger partial charge in [0.05, 0.1) is 17.9 Å². The van der Waals surface area contributed by atoms with Crippen molar-refractivity contribution in [3.05, 3.63) is 39.6 Å². The maximum Gasteiger partial charge on any atom is 0.300 e. The average molecular weight is 396 g/mol. The average Bonchev–Trinajstić information content (AvgIpc) is 3.40. The third-order valence-corrected chi connectivity index (χ3v) is 7.14. The Balaban J connectivity index is 1.35. The number of rotatable bonds is 3. The van der Waals surface area contributed by atoms with E-state index in [1.165, 1.54) is 23.3 Å². The van der Waals surface area contributed by atoms with E-state index in [9.17, 15) is 9.59 Å². The van der Waals surface area contributed by atoms with E-state index in [0.29, 0.717) is 54.6 Å². The number of ether oxygens (including phenoxy) is 2.